The summed E-state index contributed by atoms with van der Waals surface area (Å²) in [6.45, 7) is 3.30. The first-order valence-corrected chi connectivity index (χ1v) is 7.64. The molecule has 9 heteroatoms. The van der Waals surface area contributed by atoms with Crippen molar-refractivity contribution in [3.63, 3.8) is 0 Å². The maximum atomic E-state index is 12.9. The predicted molar refractivity (Wildman–Crippen MR) is 84.3 cm³/mol. The molecular weight excluding hydrogens is 353 g/mol. The quantitative estimate of drug-likeness (QED) is 0.753. The molecule has 0 N–H and O–H groups in total. The zero-order valence-electron chi connectivity index (χ0n) is 14.3. The van der Waals surface area contributed by atoms with Crippen molar-refractivity contribution in [2.24, 2.45) is 0 Å². The van der Waals surface area contributed by atoms with Crippen LogP contribution in [0.1, 0.15) is 46.1 Å². The van der Waals surface area contributed by atoms with Gasteiger partial charge in [-0.3, -0.25) is 4.79 Å². The Morgan fingerprint density at radius 2 is 2.00 bits per heavy atom. The lowest BCUT2D eigenvalue weighted by Crippen LogP contribution is -2.36. The van der Waals surface area contributed by atoms with Gasteiger partial charge in [-0.1, -0.05) is 6.07 Å². The van der Waals surface area contributed by atoms with E-state index in [4.69, 9.17) is 4.42 Å². The number of alkyl halides is 3. The Kier molecular flexibility index (Phi) is 5.69. The van der Waals surface area contributed by atoms with Gasteiger partial charge in [0.1, 0.15) is 6.26 Å². The molecule has 0 fully saturated rings. The fraction of sp³-hybridized carbons (Fsp3) is 0.353. The summed E-state index contributed by atoms with van der Waals surface area (Å²) in [5, 5.41) is 0. The molecule has 0 saturated heterocycles. The second-order valence-electron chi connectivity index (χ2n) is 5.72. The molecule has 1 aromatic heterocycles. The highest BCUT2D eigenvalue weighted by atomic mass is 19.4. The highest BCUT2D eigenvalue weighted by Crippen LogP contribution is 2.30. The minimum Gasteiger partial charge on any atom is -0.464 e. The van der Waals surface area contributed by atoms with Gasteiger partial charge >= 0.3 is 12.1 Å². The molecule has 0 atom stereocenters. The molecule has 0 unspecified atom stereocenters. The number of methoxy groups -OCH3 is 1. The Balaban J connectivity index is 2.26. The largest absolute Gasteiger partial charge is 0.464 e. The summed E-state index contributed by atoms with van der Waals surface area (Å²) in [5.74, 6) is -1.23. The molecule has 0 spiro atoms. The fourth-order valence-corrected chi connectivity index (χ4v) is 2.21. The number of benzene rings is 1. The number of rotatable bonds is 5. The van der Waals surface area contributed by atoms with E-state index in [2.05, 4.69) is 9.72 Å². The van der Waals surface area contributed by atoms with Crippen LogP contribution in [0, 0.1) is 0 Å². The topological polar surface area (TPSA) is 72.6 Å². The number of aromatic nitrogens is 1. The number of amides is 1. The van der Waals surface area contributed by atoms with Crippen molar-refractivity contribution >= 4 is 11.9 Å². The Bertz CT molecular complexity index is 799. The van der Waals surface area contributed by atoms with E-state index in [9.17, 15) is 22.8 Å². The second-order valence-corrected chi connectivity index (χ2v) is 5.72. The average molecular weight is 370 g/mol. The zero-order valence-corrected chi connectivity index (χ0v) is 14.3. The Labute approximate surface area is 147 Å². The van der Waals surface area contributed by atoms with E-state index in [0.717, 1.165) is 18.4 Å². The van der Waals surface area contributed by atoms with Gasteiger partial charge in [-0.25, -0.2) is 9.78 Å². The number of ether oxygens (including phenoxy) is 1. The molecule has 0 aliphatic carbocycles. The van der Waals surface area contributed by atoms with Gasteiger partial charge in [-0.15, -0.1) is 0 Å². The number of carbonyl (C=O) groups excluding carboxylic acids is 2. The minimum absolute atomic E-state index is 0.0577. The molecular formula is C17H17F3N2O4. The number of carbonyl (C=O) groups is 2. The Morgan fingerprint density at radius 3 is 2.58 bits per heavy atom. The van der Waals surface area contributed by atoms with Gasteiger partial charge in [0.15, 0.2) is 5.69 Å². The Morgan fingerprint density at radius 1 is 1.31 bits per heavy atom. The fourth-order valence-electron chi connectivity index (χ4n) is 2.21. The van der Waals surface area contributed by atoms with Gasteiger partial charge in [0, 0.05) is 11.6 Å². The van der Waals surface area contributed by atoms with E-state index in [1.807, 2.05) is 0 Å². The van der Waals surface area contributed by atoms with E-state index in [1.54, 1.807) is 13.8 Å². The smallest absolute Gasteiger partial charge is 0.416 e. The molecule has 2 aromatic rings. The number of esters is 1. The van der Waals surface area contributed by atoms with Crippen molar-refractivity contribution in [3.8, 4) is 0 Å². The molecule has 0 bridgehead atoms. The van der Waals surface area contributed by atoms with Crippen LogP contribution in [0.5, 0.6) is 0 Å². The summed E-state index contributed by atoms with van der Waals surface area (Å²) in [6, 6.07) is 3.84. The first-order valence-electron chi connectivity index (χ1n) is 7.64. The van der Waals surface area contributed by atoms with E-state index in [-0.39, 0.29) is 29.7 Å². The van der Waals surface area contributed by atoms with Crippen LogP contribution in [0.15, 0.2) is 34.9 Å². The van der Waals surface area contributed by atoms with Crippen LogP contribution >= 0.6 is 0 Å². The van der Waals surface area contributed by atoms with E-state index >= 15 is 0 Å². The first kappa shape index (κ1) is 19.5. The number of oxazole rings is 1. The average Bonchev–Trinajstić information content (AvgIpc) is 3.06. The summed E-state index contributed by atoms with van der Waals surface area (Å²) < 4.78 is 48.2. The number of halogens is 3. The van der Waals surface area contributed by atoms with Crippen molar-refractivity contribution < 1.29 is 31.9 Å². The van der Waals surface area contributed by atoms with Crippen molar-refractivity contribution in [1.82, 2.24) is 9.88 Å². The molecule has 1 amide bonds. The van der Waals surface area contributed by atoms with Crippen molar-refractivity contribution in [2.75, 3.05) is 7.11 Å². The normalized spacial score (nSPS) is 11.5. The molecule has 2 rings (SSSR count). The van der Waals surface area contributed by atoms with Gasteiger partial charge in [-0.05, 0) is 32.0 Å². The summed E-state index contributed by atoms with van der Waals surface area (Å²) in [6.07, 6.45) is -3.45. The van der Waals surface area contributed by atoms with Crippen molar-refractivity contribution in [3.05, 3.63) is 53.2 Å². The van der Waals surface area contributed by atoms with Crippen LogP contribution in [0.25, 0.3) is 0 Å². The number of nitrogens with zero attached hydrogens (tertiary/aromatic N) is 2. The highest BCUT2D eigenvalue weighted by Gasteiger charge is 2.31. The van der Waals surface area contributed by atoms with Crippen LogP contribution in [-0.4, -0.2) is 34.9 Å². The summed E-state index contributed by atoms with van der Waals surface area (Å²) in [4.78, 5) is 29.3. The van der Waals surface area contributed by atoms with E-state index < -0.39 is 23.6 Å². The lowest BCUT2D eigenvalue weighted by atomic mass is 10.1. The number of hydrogen-bond acceptors (Lipinski definition) is 5. The molecule has 26 heavy (non-hydrogen) atoms. The van der Waals surface area contributed by atoms with Crippen LogP contribution < -0.4 is 0 Å². The van der Waals surface area contributed by atoms with Crippen LogP contribution in [0.4, 0.5) is 13.2 Å². The molecule has 6 nitrogen and oxygen atoms in total. The summed E-state index contributed by atoms with van der Waals surface area (Å²) in [7, 11) is 1.19. The van der Waals surface area contributed by atoms with Gasteiger partial charge in [0.05, 0.1) is 19.2 Å². The van der Waals surface area contributed by atoms with E-state index in [1.165, 1.54) is 24.1 Å². The maximum Gasteiger partial charge on any atom is 0.416 e. The molecule has 1 heterocycles. The maximum absolute atomic E-state index is 12.9. The molecule has 0 aliphatic heterocycles. The lowest BCUT2D eigenvalue weighted by Gasteiger charge is -2.25. The second kappa shape index (κ2) is 7.59. The SMILES string of the molecule is COC(=O)c1coc(CN(C(=O)c2cccc(C(F)(F)F)c2)C(C)C)n1. The van der Waals surface area contributed by atoms with Gasteiger partial charge in [-0.2, -0.15) is 13.2 Å². The third-order valence-corrected chi connectivity index (χ3v) is 3.57. The van der Waals surface area contributed by atoms with Crippen molar-refractivity contribution in [2.45, 2.75) is 32.6 Å². The van der Waals surface area contributed by atoms with Crippen molar-refractivity contribution in [1.29, 1.82) is 0 Å². The van der Waals surface area contributed by atoms with Crippen LogP contribution in [0.2, 0.25) is 0 Å². The molecule has 140 valence electrons. The van der Waals surface area contributed by atoms with Gasteiger partial charge in [0.25, 0.3) is 5.91 Å². The highest BCUT2D eigenvalue weighted by molar-refractivity contribution is 5.94. The molecule has 0 radical (unpaired) electrons. The first-order chi connectivity index (χ1) is 12.1. The third-order valence-electron chi connectivity index (χ3n) is 3.57. The summed E-state index contributed by atoms with van der Waals surface area (Å²) in [5.41, 5.74) is -1.07. The predicted octanol–water partition coefficient (Wildman–Crippen LogP) is 3.53. The monoisotopic (exact) mass is 370 g/mol. The summed E-state index contributed by atoms with van der Waals surface area (Å²) >= 11 is 0. The van der Waals surface area contributed by atoms with Gasteiger partial charge < -0.3 is 14.1 Å². The standard InChI is InChI=1S/C17H17F3N2O4/c1-10(2)22(8-14-21-13(9-26-14)16(24)25-3)15(23)11-5-4-6-12(7-11)17(18,19)20/h4-7,9-10H,8H2,1-3H3. The third kappa shape index (κ3) is 4.41. The zero-order chi connectivity index (χ0) is 19.5. The molecule has 1 aromatic carbocycles. The molecule has 0 saturated carbocycles. The number of hydrogen-bond donors (Lipinski definition) is 0. The minimum atomic E-state index is -4.54. The van der Waals surface area contributed by atoms with Crippen LogP contribution in [0.3, 0.4) is 0 Å². The molecule has 0 aliphatic rings. The van der Waals surface area contributed by atoms with Gasteiger partial charge in [0.2, 0.25) is 5.89 Å². The van der Waals surface area contributed by atoms with E-state index in [0.29, 0.717) is 0 Å². The Hall–Kier alpha value is -2.84. The van der Waals surface area contributed by atoms with Crippen LogP contribution in [-0.2, 0) is 17.5 Å². The lowest BCUT2D eigenvalue weighted by molar-refractivity contribution is -0.137.